The summed E-state index contributed by atoms with van der Waals surface area (Å²) in [5, 5.41) is 12.9. The first kappa shape index (κ1) is 21.4. The molecular formula is C22H16FN5O2S3. The summed E-state index contributed by atoms with van der Waals surface area (Å²) in [5.41, 5.74) is 6.96. The van der Waals surface area contributed by atoms with Crippen LogP contribution in [0.2, 0.25) is 0 Å². The minimum Gasteiger partial charge on any atom is -0.368 e. The highest BCUT2D eigenvalue weighted by molar-refractivity contribution is 7.24. The Labute approximate surface area is 200 Å². The number of primary amides is 1. The Balaban J connectivity index is 1.42. The number of nitrogens with zero attached hydrogens (tertiary/aromatic N) is 3. The molecule has 1 aromatic carbocycles. The number of thiazole rings is 1. The summed E-state index contributed by atoms with van der Waals surface area (Å²) in [4.78, 5) is 32.7. The smallest absolute Gasteiger partial charge is 0.273 e. The molecule has 0 radical (unpaired) electrons. The van der Waals surface area contributed by atoms with Gasteiger partial charge in [-0.05, 0) is 47.2 Å². The van der Waals surface area contributed by atoms with Gasteiger partial charge in [0.05, 0.1) is 15.4 Å². The van der Waals surface area contributed by atoms with E-state index in [9.17, 15) is 14.0 Å². The number of hydrazone groups is 1. The fourth-order valence-electron chi connectivity index (χ4n) is 3.40. The van der Waals surface area contributed by atoms with Crippen molar-refractivity contribution in [3.8, 4) is 20.3 Å². The van der Waals surface area contributed by atoms with Gasteiger partial charge >= 0.3 is 0 Å². The van der Waals surface area contributed by atoms with Gasteiger partial charge in [0.1, 0.15) is 23.3 Å². The van der Waals surface area contributed by atoms with Gasteiger partial charge in [0.15, 0.2) is 5.13 Å². The number of benzene rings is 1. The largest absolute Gasteiger partial charge is 0.368 e. The van der Waals surface area contributed by atoms with Crippen LogP contribution in [-0.2, 0) is 9.59 Å². The van der Waals surface area contributed by atoms with E-state index in [4.69, 9.17) is 5.73 Å². The van der Waals surface area contributed by atoms with Crippen LogP contribution in [0.25, 0.3) is 20.3 Å². The summed E-state index contributed by atoms with van der Waals surface area (Å²) in [6.45, 7) is 0. The number of amides is 2. The molecule has 0 unspecified atom stereocenters. The van der Waals surface area contributed by atoms with E-state index in [1.807, 2.05) is 35.0 Å². The number of hydrogen-bond acceptors (Lipinski definition) is 8. The summed E-state index contributed by atoms with van der Waals surface area (Å²) in [6.07, 6.45) is 0.0412. The minimum atomic E-state index is -0.837. The highest BCUT2D eigenvalue weighted by Crippen LogP contribution is 2.42. The first-order valence-electron chi connectivity index (χ1n) is 9.81. The van der Waals surface area contributed by atoms with E-state index in [1.165, 1.54) is 40.6 Å². The molecule has 0 aliphatic carbocycles. The molecule has 11 heteroatoms. The second kappa shape index (κ2) is 8.85. The SMILES string of the molecule is NC(=O)[C@H]1CC(C(=O)Nc2nc(-c3cccs3)c(-c3cccs3)s2)=NN1c1ccc(F)cc1. The maximum absolute atomic E-state index is 13.3. The van der Waals surface area contributed by atoms with Gasteiger partial charge < -0.3 is 5.73 Å². The van der Waals surface area contributed by atoms with Crippen molar-refractivity contribution in [3.05, 3.63) is 65.1 Å². The topological polar surface area (TPSA) is 101 Å². The second-order valence-electron chi connectivity index (χ2n) is 7.10. The third kappa shape index (κ3) is 4.30. The minimum absolute atomic E-state index is 0.0412. The fraction of sp³-hybridized carbons (Fsp3) is 0.0909. The average molecular weight is 498 g/mol. The molecule has 0 saturated heterocycles. The highest BCUT2D eigenvalue weighted by atomic mass is 32.1. The zero-order valence-electron chi connectivity index (χ0n) is 16.9. The standard InChI is InChI=1S/C22H16FN5O2S3/c23-12-5-7-13(8-6-12)28-15(20(24)29)11-14(27-28)21(30)26-22-25-18(16-3-1-9-31-16)19(33-22)17-4-2-10-32-17/h1-10,15H,11H2,(H2,24,29)(H,25,26,30)/t15-/m1/s1. The Morgan fingerprint density at radius 1 is 1.06 bits per heavy atom. The van der Waals surface area contributed by atoms with Crippen LogP contribution < -0.4 is 16.1 Å². The Bertz CT molecular complexity index is 1280. The zero-order valence-corrected chi connectivity index (χ0v) is 19.3. The summed E-state index contributed by atoms with van der Waals surface area (Å²) in [5.74, 6) is -1.50. The number of thiophene rings is 2. The van der Waals surface area contributed by atoms with Gasteiger partial charge in [-0.1, -0.05) is 23.5 Å². The first-order valence-corrected chi connectivity index (χ1v) is 12.4. The number of nitrogens with one attached hydrogen (secondary N) is 1. The van der Waals surface area contributed by atoms with Crippen LogP contribution in [0.3, 0.4) is 0 Å². The molecule has 1 aliphatic rings. The van der Waals surface area contributed by atoms with Gasteiger partial charge in [-0.3, -0.25) is 19.9 Å². The normalized spacial score (nSPS) is 15.5. The van der Waals surface area contributed by atoms with Crippen molar-refractivity contribution in [1.29, 1.82) is 0 Å². The van der Waals surface area contributed by atoms with Gasteiger partial charge in [-0.2, -0.15) is 5.10 Å². The summed E-state index contributed by atoms with van der Waals surface area (Å²) < 4.78 is 13.3. The molecule has 2 amide bonds. The molecule has 1 aliphatic heterocycles. The Kier molecular flexibility index (Phi) is 5.75. The third-order valence-corrected chi connectivity index (χ3v) is 7.84. The van der Waals surface area contributed by atoms with Crippen LogP contribution in [0.15, 0.2) is 64.4 Å². The number of nitrogens with two attached hydrogens (primary N) is 1. The van der Waals surface area contributed by atoms with E-state index >= 15 is 0 Å². The van der Waals surface area contributed by atoms with Gasteiger partial charge in [-0.15, -0.1) is 22.7 Å². The Hall–Kier alpha value is -3.41. The molecule has 0 spiro atoms. The van der Waals surface area contributed by atoms with Crippen LogP contribution in [0.4, 0.5) is 15.2 Å². The predicted octanol–water partition coefficient (Wildman–Crippen LogP) is 4.80. The van der Waals surface area contributed by atoms with Gasteiger partial charge in [0, 0.05) is 11.3 Å². The van der Waals surface area contributed by atoms with E-state index in [0.29, 0.717) is 10.8 Å². The molecule has 1 atom stereocenters. The van der Waals surface area contributed by atoms with E-state index in [1.54, 1.807) is 22.7 Å². The monoisotopic (exact) mass is 497 g/mol. The fourth-order valence-corrected chi connectivity index (χ4v) is 6.01. The van der Waals surface area contributed by atoms with Crippen molar-refractivity contribution >= 4 is 62.4 Å². The zero-order chi connectivity index (χ0) is 22.9. The maximum atomic E-state index is 13.3. The molecule has 0 fully saturated rings. The van der Waals surface area contributed by atoms with Gasteiger partial charge in [0.2, 0.25) is 5.91 Å². The summed E-state index contributed by atoms with van der Waals surface area (Å²) in [7, 11) is 0. The van der Waals surface area contributed by atoms with E-state index in [0.717, 1.165) is 20.3 Å². The first-order chi connectivity index (χ1) is 16.0. The van der Waals surface area contributed by atoms with Crippen molar-refractivity contribution in [2.45, 2.75) is 12.5 Å². The molecular weight excluding hydrogens is 481 g/mol. The van der Waals surface area contributed by atoms with E-state index < -0.39 is 23.7 Å². The Morgan fingerprint density at radius 2 is 1.76 bits per heavy atom. The third-order valence-electron chi connectivity index (χ3n) is 4.94. The quantitative estimate of drug-likeness (QED) is 0.400. The lowest BCUT2D eigenvalue weighted by Gasteiger charge is -2.20. The number of carbonyl (C=O) groups excluding carboxylic acids is 2. The molecule has 4 aromatic rings. The molecule has 166 valence electrons. The van der Waals surface area contributed by atoms with E-state index in [2.05, 4.69) is 15.4 Å². The van der Waals surface area contributed by atoms with E-state index in [-0.39, 0.29) is 12.1 Å². The molecule has 7 nitrogen and oxygen atoms in total. The second-order valence-corrected chi connectivity index (χ2v) is 9.99. The number of anilines is 2. The summed E-state index contributed by atoms with van der Waals surface area (Å²) in [6, 6.07) is 12.6. The molecule has 0 bridgehead atoms. The lowest BCUT2D eigenvalue weighted by atomic mass is 10.1. The van der Waals surface area contributed by atoms with Crippen molar-refractivity contribution in [1.82, 2.24) is 4.98 Å². The van der Waals surface area contributed by atoms with Crippen molar-refractivity contribution in [2.75, 3.05) is 10.3 Å². The molecule has 3 aromatic heterocycles. The molecule has 5 rings (SSSR count). The summed E-state index contributed by atoms with van der Waals surface area (Å²) >= 11 is 4.56. The lowest BCUT2D eigenvalue weighted by Crippen LogP contribution is -2.39. The van der Waals surface area contributed by atoms with Crippen LogP contribution in [0.5, 0.6) is 0 Å². The number of rotatable bonds is 6. The number of aromatic nitrogens is 1. The number of halogens is 1. The van der Waals surface area contributed by atoms with Crippen LogP contribution in [0, 0.1) is 5.82 Å². The lowest BCUT2D eigenvalue weighted by molar-refractivity contribution is -0.119. The van der Waals surface area contributed by atoms with Crippen molar-refractivity contribution in [3.63, 3.8) is 0 Å². The van der Waals surface area contributed by atoms with Crippen LogP contribution in [0.1, 0.15) is 6.42 Å². The van der Waals surface area contributed by atoms with Crippen LogP contribution >= 0.6 is 34.0 Å². The van der Waals surface area contributed by atoms with Gasteiger partial charge in [0.25, 0.3) is 5.91 Å². The molecule has 0 saturated carbocycles. The molecule has 33 heavy (non-hydrogen) atoms. The Morgan fingerprint density at radius 3 is 2.39 bits per heavy atom. The average Bonchev–Trinajstić information content (AvgIpc) is 3.60. The number of carbonyl (C=O) groups is 2. The number of hydrogen-bond donors (Lipinski definition) is 2. The highest BCUT2D eigenvalue weighted by Gasteiger charge is 2.35. The van der Waals surface area contributed by atoms with Crippen molar-refractivity contribution in [2.24, 2.45) is 10.8 Å². The molecule has 3 N–H and O–H groups in total. The molecule has 4 heterocycles. The maximum Gasteiger partial charge on any atom is 0.273 e. The van der Waals surface area contributed by atoms with Crippen LogP contribution in [-0.4, -0.2) is 28.6 Å². The predicted molar refractivity (Wildman–Crippen MR) is 131 cm³/mol. The van der Waals surface area contributed by atoms with Crippen molar-refractivity contribution < 1.29 is 14.0 Å². The van der Waals surface area contributed by atoms with Gasteiger partial charge in [-0.25, -0.2) is 9.37 Å².